The van der Waals surface area contributed by atoms with Gasteiger partial charge in [0.05, 0.1) is 6.04 Å². The lowest BCUT2D eigenvalue weighted by Crippen LogP contribution is -2.26. The predicted octanol–water partition coefficient (Wildman–Crippen LogP) is 3.51. The molecule has 0 spiro atoms. The van der Waals surface area contributed by atoms with Gasteiger partial charge in [-0.3, -0.25) is 4.79 Å². The molecular formula is C17H16N2O2. The molecule has 0 aliphatic heterocycles. The van der Waals surface area contributed by atoms with Crippen LogP contribution in [0.3, 0.4) is 0 Å². The van der Waals surface area contributed by atoms with Gasteiger partial charge in [-0.25, -0.2) is 0 Å². The fourth-order valence-electron chi connectivity index (χ4n) is 2.27. The van der Waals surface area contributed by atoms with Crippen molar-refractivity contribution in [3.05, 3.63) is 65.9 Å². The normalized spacial score (nSPS) is 12.2. The summed E-state index contributed by atoms with van der Waals surface area (Å²) in [5, 5.41) is 3.75. The number of rotatable bonds is 3. The van der Waals surface area contributed by atoms with E-state index in [1.807, 2.05) is 37.3 Å². The van der Waals surface area contributed by atoms with Crippen LogP contribution in [0.2, 0.25) is 0 Å². The van der Waals surface area contributed by atoms with Gasteiger partial charge < -0.3 is 15.5 Å². The first-order chi connectivity index (χ1) is 10.1. The molecule has 1 amide bonds. The first-order valence-electron chi connectivity index (χ1n) is 6.78. The number of furan rings is 1. The van der Waals surface area contributed by atoms with Crippen LogP contribution in [0.1, 0.15) is 29.1 Å². The summed E-state index contributed by atoms with van der Waals surface area (Å²) in [5.74, 6) is 0.0551. The van der Waals surface area contributed by atoms with Crippen molar-refractivity contribution in [1.29, 1.82) is 0 Å². The molecule has 0 aliphatic rings. The van der Waals surface area contributed by atoms with E-state index in [1.165, 1.54) is 0 Å². The monoisotopic (exact) mass is 280 g/mol. The minimum Gasteiger partial charge on any atom is -0.451 e. The Labute approximate surface area is 122 Å². The Kier molecular flexibility index (Phi) is 3.36. The summed E-state index contributed by atoms with van der Waals surface area (Å²) >= 11 is 0. The van der Waals surface area contributed by atoms with Crippen molar-refractivity contribution in [1.82, 2.24) is 5.32 Å². The third-order valence-electron chi connectivity index (χ3n) is 3.41. The van der Waals surface area contributed by atoms with Crippen molar-refractivity contribution in [2.75, 3.05) is 5.73 Å². The summed E-state index contributed by atoms with van der Waals surface area (Å²) in [4.78, 5) is 12.2. The second-order valence-electron chi connectivity index (χ2n) is 5.01. The van der Waals surface area contributed by atoms with Gasteiger partial charge in [-0.1, -0.05) is 30.3 Å². The Balaban J connectivity index is 1.80. The van der Waals surface area contributed by atoms with Gasteiger partial charge in [-0.15, -0.1) is 0 Å². The molecule has 1 atom stereocenters. The Morgan fingerprint density at radius 2 is 1.90 bits per heavy atom. The number of benzene rings is 2. The van der Waals surface area contributed by atoms with E-state index in [9.17, 15) is 4.79 Å². The van der Waals surface area contributed by atoms with Crippen LogP contribution in [0.25, 0.3) is 11.0 Å². The third-order valence-corrected chi connectivity index (χ3v) is 3.41. The number of nitrogen functional groups attached to an aromatic ring is 1. The van der Waals surface area contributed by atoms with Crippen molar-refractivity contribution >= 4 is 22.6 Å². The zero-order chi connectivity index (χ0) is 14.8. The highest BCUT2D eigenvalue weighted by molar-refractivity contribution is 5.96. The van der Waals surface area contributed by atoms with E-state index in [0.717, 1.165) is 10.9 Å². The average Bonchev–Trinajstić information content (AvgIpc) is 2.91. The SMILES string of the molecule is C[C@H](NC(=O)c1cc2cc(N)ccc2o1)c1ccccc1. The lowest BCUT2D eigenvalue weighted by Gasteiger charge is -2.12. The van der Waals surface area contributed by atoms with Crippen LogP contribution in [-0.2, 0) is 0 Å². The van der Waals surface area contributed by atoms with Crippen molar-refractivity contribution in [3.8, 4) is 0 Å². The van der Waals surface area contributed by atoms with E-state index >= 15 is 0 Å². The van der Waals surface area contributed by atoms with E-state index in [2.05, 4.69) is 5.32 Å². The molecule has 0 unspecified atom stereocenters. The van der Waals surface area contributed by atoms with Gasteiger partial charge >= 0.3 is 0 Å². The molecule has 0 saturated carbocycles. The average molecular weight is 280 g/mol. The fourth-order valence-corrected chi connectivity index (χ4v) is 2.27. The first-order valence-corrected chi connectivity index (χ1v) is 6.78. The highest BCUT2D eigenvalue weighted by Crippen LogP contribution is 2.22. The number of hydrogen-bond donors (Lipinski definition) is 2. The molecule has 0 fully saturated rings. The molecular weight excluding hydrogens is 264 g/mol. The standard InChI is InChI=1S/C17H16N2O2/c1-11(12-5-3-2-4-6-12)19-17(20)16-10-13-9-14(18)7-8-15(13)21-16/h2-11H,18H2,1H3,(H,19,20)/t11-/m0/s1. The summed E-state index contributed by atoms with van der Waals surface area (Å²) < 4.78 is 5.55. The summed E-state index contributed by atoms with van der Waals surface area (Å²) in [5.41, 5.74) is 8.07. The van der Waals surface area contributed by atoms with E-state index in [0.29, 0.717) is 17.0 Å². The van der Waals surface area contributed by atoms with Gasteiger partial charge in [-0.2, -0.15) is 0 Å². The summed E-state index contributed by atoms with van der Waals surface area (Å²) in [6.07, 6.45) is 0. The second-order valence-corrected chi connectivity index (χ2v) is 5.01. The number of fused-ring (bicyclic) bond motifs is 1. The lowest BCUT2D eigenvalue weighted by molar-refractivity contribution is 0.0914. The molecule has 3 rings (SSSR count). The van der Waals surface area contributed by atoms with Gasteiger partial charge in [0, 0.05) is 11.1 Å². The maximum atomic E-state index is 12.2. The fraction of sp³-hybridized carbons (Fsp3) is 0.118. The molecule has 4 nitrogen and oxygen atoms in total. The quantitative estimate of drug-likeness (QED) is 0.721. The van der Waals surface area contributed by atoms with Gasteiger partial charge in [-0.05, 0) is 36.8 Å². The van der Waals surface area contributed by atoms with Crippen LogP contribution in [-0.4, -0.2) is 5.91 Å². The van der Waals surface area contributed by atoms with Gasteiger partial charge in [0.25, 0.3) is 5.91 Å². The van der Waals surface area contributed by atoms with Crippen LogP contribution in [0.15, 0.2) is 59.0 Å². The molecule has 0 aliphatic carbocycles. The minimum atomic E-state index is -0.235. The molecule has 3 aromatic rings. The van der Waals surface area contributed by atoms with Gasteiger partial charge in [0.15, 0.2) is 5.76 Å². The molecule has 3 N–H and O–H groups in total. The summed E-state index contributed by atoms with van der Waals surface area (Å²) in [6, 6.07) is 16.7. The number of carbonyl (C=O) groups is 1. The molecule has 4 heteroatoms. The van der Waals surface area contributed by atoms with Crippen LogP contribution in [0, 0.1) is 0 Å². The van der Waals surface area contributed by atoms with E-state index < -0.39 is 0 Å². The number of hydrogen-bond acceptors (Lipinski definition) is 3. The number of nitrogens with two attached hydrogens (primary N) is 1. The van der Waals surface area contributed by atoms with Gasteiger partial charge in [0.2, 0.25) is 0 Å². The molecule has 1 heterocycles. The number of anilines is 1. The first kappa shape index (κ1) is 13.2. The van der Waals surface area contributed by atoms with Crippen molar-refractivity contribution in [2.24, 2.45) is 0 Å². The molecule has 0 bridgehead atoms. The molecule has 1 aromatic heterocycles. The Hall–Kier alpha value is -2.75. The minimum absolute atomic E-state index is 0.0861. The highest BCUT2D eigenvalue weighted by Gasteiger charge is 2.15. The Bertz CT molecular complexity index is 778. The maximum Gasteiger partial charge on any atom is 0.287 e. The van der Waals surface area contributed by atoms with Crippen LogP contribution in [0.4, 0.5) is 5.69 Å². The topological polar surface area (TPSA) is 68.3 Å². The Morgan fingerprint density at radius 1 is 1.14 bits per heavy atom. The van der Waals surface area contributed by atoms with Crippen molar-refractivity contribution in [2.45, 2.75) is 13.0 Å². The maximum absolute atomic E-state index is 12.2. The molecule has 106 valence electrons. The Morgan fingerprint density at radius 3 is 2.67 bits per heavy atom. The van der Waals surface area contributed by atoms with Gasteiger partial charge in [0.1, 0.15) is 5.58 Å². The summed E-state index contributed by atoms with van der Waals surface area (Å²) in [6.45, 7) is 1.94. The van der Waals surface area contributed by atoms with E-state index in [4.69, 9.17) is 10.2 Å². The third kappa shape index (κ3) is 2.74. The van der Waals surface area contributed by atoms with E-state index in [1.54, 1.807) is 24.3 Å². The highest BCUT2D eigenvalue weighted by atomic mass is 16.3. The van der Waals surface area contributed by atoms with Crippen LogP contribution < -0.4 is 11.1 Å². The second kappa shape index (κ2) is 5.32. The van der Waals surface area contributed by atoms with Crippen LogP contribution in [0.5, 0.6) is 0 Å². The van der Waals surface area contributed by atoms with Crippen molar-refractivity contribution < 1.29 is 9.21 Å². The smallest absolute Gasteiger partial charge is 0.287 e. The number of carbonyl (C=O) groups excluding carboxylic acids is 1. The molecule has 2 aromatic carbocycles. The summed E-state index contributed by atoms with van der Waals surface area (Å²) in [7, 11) is 0. The zero-order valence-electron chi connectivity index (χ0n) is 11.7. The molecule has 21 heavy (non-hydrogen) atoms. The number of nitrogens with one attached hydrogen (secondary N) is 1. The van der Waals surface area contributed by atoms with Crippen LogP contribution >= 0.6 is 0 Å². The molecule has 0 saturated heterocycles. The number of amides is 1. The largest absolute Gasteiger partial charge is 0.451 e. The zero-order valence-corrected chi connectivity index (χ0v) is 11.7. The van der Waals surface area contributed by atoms with Crippen molar-refractivity contribution in [3.63, 3.8) is 0 Å². The van der Waals surface area contributed by atoms with E-state index in [-0.39, 0.29) is 11.9 Å². The lowest BCUT2D eigenvalue weighted by atomic mass is 10.1. The predicted molar refractivity (Wildman–Crippen MR) is 82.9 cm³/mol. The molecule has 0 radical (unpaired) electrons.